The average Bonchev–Trinajstić information content (AvgIpc) is 2.60. The fraction of sp³-hybridized carbons (Fsp3) is 0.133. The maximum Gasteiger partial charge on any atom is 0.271 e. The lowest BCUT2D eigenvalue weighted by molar-refractivity contribution is -0.385. The quantitative estimate of drug-likeness (QED) is 0.593. The molecule has 0 fully saturated rings. The minimum atomic E-state index is -4.13. The molecule has 0 aliphatic carbocycles. The summed E-state index contributed by atoms with van der Waals surface area (Å²) in [5.41, 5.74) is 0.177. The van der Waals surface area contributed by atoms with Gasteiger partial charge in [-0.2, -0.15) is 0 Å². The van der Waals surface area contributed by atoms with Crippen molar-refractivity contribution in [2.45, 2.75) is 4.90 Å². The van der Waals surface area contributed by atoms with Gasteiger partial charge in [0.1, 0.15) is 10.6 Å². The van der Waals surface area contributed by atoms with E-state index in [4.69, 9.17) is 4.74 Å². The summed E-state index contributed by atoms with van der Waals surface area (Å²) in [6, 6.07) is 8.98. The average molecular weight is 365 g/mol. The van der Waals surface area contributed by atoms with Gasteiger partial charge in [0.2, 0.25) is 0 Å². The van der Waals surface area contributed by atoms with Gasteiger partial charge in [0.15, 0.2) is 0 Å². The van der Waals surface area contributed by atoms with Crippen molar-refractivity contribution in [1.82, 2.24) is 5.32 Å². The molecule has 132 valence electrons. The number of amides is 1. The molecule has 0 heterocycles. The number of sulfonamides is 1. The number of non-ortho nitro benzene ring substituents is 1. The summed E-state index contributed by atoms with van der Waals surface area (Å²) in [5, 5.41) is 13.3. The van der Waals surface area contributed by atoms with Gasteiger partial charge in [0.05, 0.1) is 12.0 Å². The molecule has 25 heavy (non-hydrogen) atoms. The molecule has 0 saturated heterocycles. The number of nitro groups is 1. The van der Waals surface area contributed by atoms with Gasteiger partial charge in [-0.1, -0.05) is 0 Å². The molecule has 1 amide bonds. The normalized spacial score (nSPS) is 10.8. The zero-order valence-electron chi connectivity index (χ0n) is 13.3. The number of anilines is 1. The standard InChI is InChI=1S/C15H15N3O6S/c1-16-15(19)10-3-5-11(6-4-10)17-25(22,23)14-9-12(18(20)21)7-8-13(14)24-2/h3-9,17H,1-2H3,(H,16,19). The van der Waals surface area contributed by atoms with Crippen molar-refractivity contribution in [1.29, 1.82) is 0 Å². The number of rotatable bonds is 6. The Labute approximate surface area is 143 Å². The number of nitrogens with zero attached hydrogens (tertiary/aromatic N) is 1. The van der Waals surface area contributed by atoms with Crippen LogP contribution in [0.2, 0.25) is 0 Å². The highest BCUT2D eigenvalue weighted by Gasteiger charge is 2.23. The lowest BCUT2D eigenvalue weighted by Crippen LogP contribution is -2.18. The zero-order valence-corrected chi connectivity index (χ0v) is 14.2. The molecule has 2 rings (SSSR count). The third-order valence-corrected chi connectivity index (χ3v) is 4.68. The van der Waals surface area contributed by atoms with Crippen LogP contribution in [0.4, 0.5) is 11.4 Å². The number of methoxy groups -OCH3 is 1. The maximum atomic E-state index is 12.5. The number of hydrogen-bond acceptors (Lipinski definition) is 6. The second kappa shape index (κ2) is 7.18. The summed E-state index contributed by atoms with van der Waals surface area (Å²) in [7, 11) is -1.39. The van der Waals surface area contributed by atoms with E-state index in [1.165, 1.54) is 44.5 Å². The first-order chi connectivity index (χ1) is 11.8. The molecule has 0 radical (unpaired) electrons. The Morgan fingerprint density at radius 2 is 1.80 bits per heavy atom. The van der Waals surface area contributed by atoms with Crippen molar-refractivity contribution >= 4 is 27.3 Å². The number of benzene rings is 2. The van der Waals surface area contributed by atoms with Crippen molar-refractivity contribution in [3.05, 3.63) is 58.1 Å². The van der Waals surface area contributed by atoms with Gasteiger partial charge in [-0.25, -0.2) is 8.42 Å². The molecule has 0 aromatic heterocycles. The lowest BCUT2D eigenvalue weighted by Gasteiger charge is -2.11. The third-order valence-electron chi connectivity index (χ3n) is 3.27. The molecule has 2 N–H and O–H groups in total. The number of nitro benzene ring substituents is 1. The Morgan fingerprint density at radius 1 is 1.16 bits per heavy atom. The lowest BCUT2D eigenvalue weighted by atomic mass is 10.2. The predicted octanol–water partition coefficient (Wildman–Crippen LogP) is 1.76. The SMILES string of the molecule is CNC(=O)c1ccc(NS(=O)(=O)c2cc([N+](=O)[O-])ccc2OC)cc1. The minimum absolute atomic E-state index is 0.0277. The summed E-state index contributed by atoms with van der Waals surface area (Å²) < 4.78 is 32.3. The second-order valence-electron chi connectivity index (χ2n) is 4.85. The predicted molar refractivity (Wildman–Crippen MR) is 90.3 cm³/mol. The van der Waals surface area contributed by atoms with E-state index in [9.17, 15) is 23.3 Å². The number of ether oxygens (including phenoxy) is 1. The summed E-state index contributed by atoms with van der Waals surface area (Å²) in [6.45, 7) is 0. The Morgan fingerprint density at radius 3 is 2.32 bits per heavy atom. The fourth-order valence-corrected chi connectivity index (χ4v) is 3.28. The third kappa shape index (κ3) is 4.04. The van der Waals surface area contributed by atoms with Crippen molar-refractivity contribution in [3.8, 4) is 5.75 Å². The van der Waals surface area contributed by atoms with E-state index in [1.54, 1.807) is 0 Å². The summed E-state index contributed by atoms with van der Waals surface area (Å²) in [6.07, 6.45) is 0. The van der Waals surface area contributed by atoms with E-state index < -0.39 is 14.9 Å². The highest BCUT2D eigenvalue weighted by molar-refractivity contribution is 7.92. The van der Waals surface area contributed by atoms with Crippen LogP contribution >= 0.6 is 0 Å². The fourth-order valence-electron chi connectivity index (χ4n) is 2.03. The molecule has 0 unspecified atom stereocenters. The molecule has 0 aliphatic rings. The van der Waals surface area contributed by atoms with Gasteiger partial charge in [0.25, 0.3) is 21.6 Å². The van der Waals surface area contributed by atoms with Crippen LogP contribution in [0.1, 0.15) is 10.4 Å². The highest BCUT2D eigenvalue weighted by Crippen LogP contribution is 2.29. The van der Waals surface area contributed by atoms with Gasteiger partial charge in [-0.15, -0.1) is 0 Å². The Kier molecular flexibility index (Phi) is 5.22. The van der Waals surface area contributed by atoms with Crippen molar-refractivity contribution < 1.29 is 22.9 Å². The van der Waals surface area contributed by atoms with Gasteiger partial charge in [0, 0.05) is 30.4 Å². The van der Waals surface area contributed by atoms with E-state index in [2.05, 4.69) is 10.0 Å². The molecular weight excluding hydrogens is 350 g/mol. The van der Waals surface area contributed by atoms with Crippen LogP contribution < -0.4 is 14.8 Å². The molecule has 0 atom stereocenters. The summed E-state index contributed by atoms with van der Waals surface area (Å²) in [5.74, 6) is -0.338. The Balaban J connectivity index is 2.37. The van der Waals surface area contributed by atoms with Crippen LogP contribution in [0.3, 0.4) is 0 Å². The molecule has 0 bridgehead atoms. The van der Waals surface area contributed by atoms with Gasteiger partial charge in [-0.05, 0) is 30.3 Å². The molecule has 2 aromatic rings. The van der Waals surface area contributed by atoms with Crippen molar-refractivity contribution in [3.63, 3.8) is 0 Å². The van der Waals surface area contributed by atoms with Crippen molar-refractivity contribution in [2.24, 2.45) is 0 Å². The van der Waals surface area contributed by atoms with Crippen LogP contribution in [0, 0.1) is 10.1 Å². The molecule has 2 aromatic carbocycles. The van der Waals surface area contributed by atoms with Crippen LogP contribution in [0.5, 0.6) is 5.75 Å². The van der Waals surface area contributed by atoms with Crippen LogP contribution in [-0.2, 0) is 10.0 Å². The Bertz CT molecular complexity index is 909. The number of carbonyl (C=O) groups is 1. The first kappa shape index (κ1) is 18.2. The molecular formula is C15H15N3O6S. The molecule has 0 saturated carbocycles. The number of hydrogen-bond donors (Lipinski definition) is 2. The largest absolute Gasteiger partial charge is 0.495 e. The van der Waals surface area contributed by atoms with E-state index in [-0.39, 0.29) is 27.9 Å². The van der Waals surface area contributed by atoms with Crippen molar-refractivity contribution in [2.75, 3.05) is 18.9 Å². The molecule has 9 nitrogen and oxygen atoms in total. The molecule has 0 spiro atoms. The number of carbonyl (C=O) groups excluding carboxylic acids is 1. The van der Waals surface area contributed by atoms with Crippen LogP contribution in [0.15, 0.2) is 47.4 Å². The minimum Gasteiger partial charge on any atom is -0.495 e. The Hall–Kier alpha value is -3.14. The van der Waals surface area contributed by atoms with E-state index in [0.29, 0.717) is 5.56 Å². The van der Waals surface area contributed by atoms with E-state index >= 15 is 0 Å². The first-order valence-electron chi connectivity index (χ1n) is 6.96. The van der Waals surface area contributed by atoms with Gasteiger partial charge < -0.3 is 10.1 Å². The van der Waals surface area contributed by atoms with E-state index in [1.807, 2.05) is 0 Å². The van der Waals surface area contributed by atoms with Crippen LogP contribution in [-0.4, -0.2) is 33.4 Å². The highest BCUT2D eigenvalue weighted by atomic mass is 32.2. The smallest absolute Gasteiger partial charge is 0.271 e. The molecule has 0 aliphatic heterocycles. The first-order valence-corrected chi connectivity index (χ1v) is 8.44. The van der Waals surface area contributed by atoms with E-state index in [0.717, 1.165) is 12.1 Å². The van der Waals surface area contributed by atoms with Crippen LogP contribution in [0.25, 0.3) is 0 Å². The van der Waals surface area contributed by atoms with Gasteiger partial charge >= 0.3 is 0 Å². The molecule has 10 heteroatoms. The topological polar surface area (TPSA) is 128 Å². The summed E-state index contributed by atoms with van der Waals surface area (Å²) in [4.78, 5) is 21.3. The number of nitrogens with one attached hydrogen (secondary N) is 2. The van der Waals surface area contributed by atoms with Gasteiger partial charge in [-0.3, -0.25) is 19.6 Å². The zero-order chi connectivity index (χ0) is 18.6. The second-order valence-corrected chi connectivity index (χ2v) is 6.51. The summed E-state index contributed by atoms with van der Waals surface area (Å²) >= 11 is 0. The monoisotopic (exact) mass is 365 g/mol. The maximum absolute atomic E-state index is 12.5.